The average Bonchev–Trinajstić information content (AvgIpc) is 2.85. The fraction of sp³-hybridized carbons (Fsp3) is 1.00. The Hall–Kier alpha value is -0.0400. The quantitative estimate of drug-likeness (QED) is 0.0925. The molecule has 0 fully saturated rings. The molecular weight excluding hydrogens is 410 g/mol. The predicted molar refractivity (Wildman–Crippen MR) is 158 cm³/mol. The van der Waals surface area contributed by atoms with Crippen molar-refractivity contribution < 1.29 is 0 Å². The second-order valence-electron chi connectivity index (χ2n) is 11.3. The van der Waals surface area contributed by atoms with Crippen LogP contribution in [0.1, 0.15) is 194 Å². The van der Waals surface area contributed by atoms with Crippen LogP contribution in [0.15, 0.2) is 0 Å². The lowest BCUT2D eigenvalue weighted by Crippen LogP contribution is -2.27. The average molecular weight is 480 g/mol. The molecule has 0 amide bonds. The summed E-state index contributed by atoms with van der Waals surface area (Å²) in [5, 5.41) is 0. The van der Waals surface area contributed by atoms with Crippen LogP contribution in [-0.4, -0.2) is 24.5 Å². The molecule has 0 spiro atoms. The molecule has 0 aromatic rings. The topological polar surface area (TPSA) is 3.24 Å². The molecule has 0 aliphatic heterocycles. The van der Waals surface area contributed by atoms with Crippen molar-refractivity contribution in [3.8, 4) is 0 Å². The van der Waals surface area contributed by atoms with Crippen molar-refractivity contribution in [2.45, 2.75) is 194 Å². The van der Waals surface area contributed by atoms with Gasteiger partial charge in [0.25, 0.3) is 0 Å². The van der Waals surface area contributed by atoms with Gasteiger partial charge in [0.15, 0.2) is 0 Å². The summed E-state index contributed by atoms with van der Waals surface area (Å²) in [5.41, 5.74) is 0. The Morgan fingerprint density at radius 1 is 0.235 bits per heavy atom. The van der Waals surface area contributed by atoms with Crippen LogP contribution in [0, 0.1) is 0 Å². The molecular formula is C33H69N. The Morgan fingerprint density at radius 2 is 0.412 bits per heavy atom. The zero-order valence-electron chi connectivity index (χ0n) is 24.7. The molecule has 0 saturated carbocycles. The van der Waals surface area contributed by atoms with Gasteiger partial charge in [0.05, 0.1) is 0 Å². The van der Waals surface area contributed by atoms with E-state index in [1.165, 1.54) is 193 Å². The van der Waals surface area contributed by atoms with E-state index in [4.69, 9.17) is 0 Å². The van der Waals surface area contributed by atoms with E-state index >= 15 is 0 Å². The zero-order valence-corrected chi connectivity index (χ0v) is 24.7. The van der Waals surface area contributed by atoms with Crippen LogP contribution in [0.3, 0.4) is 0 Å². The van der Waals surface area contributed by atoms with E-state index in [0.717, 1.165) is 0 Å². The molecule has 0 radical (unpaired) electrons. The summed E-state index contributed by atoms with van der Waals surface area (Å²) >= 11 is 0. The third-order valence-electron chi connectivity index (χ3n) is 7.73. The van der Waals surface area contributed by atoms with Crippen LogP contribution in [-0.2, 0) is 0 Å². The molecule has 206 valence electrons. The smallest absolute Gasteiger partial charge is 0.00187 e. The van der Waals surface area contributed by atoms with Crippen LogP contribution in [0.25, 0.3) is 0 Å². The van der Waals surface area contributed by atoms with Crippen LogP contribution < -0.4 is 0 Å². The minimum atomic E-state index is 1.36. The molecule has 0 rings (SSSR count). The van der Waals surface area contributed by atoms with Gasteiger partial charge in [0, 0.05) is 0 Å². The van der Waals surface area contributed by atoms with Gasteiger partial charge in [0.2, 0.25) is 0 Å². The van der Waals surface area contributed by atoms with Gasteiger partial charge in [-0.15, -0.1) is 0 Å². The van der Waals surface area contributed by atoms with Gasteiger partial charge in [-0.25, -0.2) is 0 Å². The molecule has 0 saturated heterocycles. The van der Waals surface area contributed by atoms with Gasteiger partial charge in [-0.3, -0.25) is 0 Å². The van der Waals surface area contributed by atoms with E-state index in [1.54, 1.807) is 0 Å². The number of unbranched alkanes of at least 4 members (excludes halogenated alkanes) is 24. The molecule has 0 bridgehead atoms. The van der Waals surface area contributed by atoms with Crippen molar-refractivity contribution >= 4 is 0 Å². The van der Waals surface area contributed by atoms with Gasteiger partial charge in [0.1, 0.15) is 0 Å². The van der Waals surface area contributed by atoms with Crippen molar-refractivity contribution in [2.24, 2.45) is 0 Å². The normalized spacial score (nSPS) is 11.6. The first kappa shape index (κ1) is 34.0. The van der Waals surface area contributed by atoms with Crippen LogP contribution in [0.5, 0.6) is 0 Å². The van der Waals surface area contributed by atoms with E-state index < -0.39 is 0 Å². The van der Waals surface area contributed by atoms with Crippen molar-refractivity contribution in [1.82, 2.24) is 4.90 Å². The fourth-order valence-electron chi connectivity index (χ4n) is 5.27. The first-order chi connectivity index (χ1) is 16.8. The van der Waals surface area contributed by atoms with Crippen LogP contribution >= 0.6 is 0 Å². The summed E-state index contributed by atoms with van der Waals surface area (Å²) in [6, 6.07) is 0. The largest absolute Gasteiger partial charge is 0.303 e. The van der Waals surface area contributed by atoms with Crippen molar-refractivity contribution in [3.05, 3.63) is 0 Å². The third kappa shape index (κ3) is 28.2. The maximum atomic E-state index is 2.84. The van der Waals surface area contributed by atoms with Crippen molar-refractivity contribution in [2.75, 3.05) is 19.6 Å². The van der Waals surface area contributed by atoms with Gasteiger partial charge in [-0.05, 0) is 38.9 Å². The van der Waals surface area contributed by atoms with E-state index in [2.05, 4.69) is 25.7 Å². The third-order valence-corrected chi connectivity index (χ3v) is 7.73. The summed E-state index contributed by atoms with van der Waals surface area (Å²) in [5.74, 6) is 0. The lowest BCUT2D eigenvalue weighted by Gasteiger charge is -2.22. The van der Waals surface area contributed by atoms with Crippen molar-refractivity contribution in [3.63, 3.8) is 0 Å². The van der Waals surface area contributed by atoms with E-state index in [-0.39, 0.29) is 0 Å². The van der Waals surface area contributed by atoms with Gasteiger partial charge in [-0.2, -0.15) is 0 Å². The Morgan fingerprint density at radius 3 is 0.618 bits per heavy atom. The molecule has 0 unspecified atom stereocenters. The summed E-state index contributed by atoms with van der Waals surface area (Å²) in [6.45, 7) is 11.0. The second-order valence-corrected chi connectivity index (χ2v) is 11.3. The van der Waals surface area contributed by atoms with Gasteiger partial charge in [-0.1, -0.05) is 175 Å². The molecule has 0 N–H and O–H groups in total. The highest BCUT2D eigenvalue weighted by Crippen LogP contribution is 2.14. The van der Waals surface area contributed by atoms with Gasteiger partial charge >= 0.3 is 0 Å². The summed E-state index contributed by atoms with van der Waals surface area (Å²) in [7, 11) is 0. The maximum absolute atomic E-state index is 2.84. The lowest BCUT2D eigenvalue weighted by atomic mass is 10.1. The monoisotopic (exact) mass is 480 g/mol. The maximum Gasteiger partial charge on any atom is -0.00187 e. The zero-order chi connectivity index (χ0) is 24.8. The van der Waals surface area contributed by atoms with Crippen LogP contribution in [0.2, 0.25) is 0 Å². The molecule has 0 atom stereocenters. The molecule has 0 heterocycles. The SMILES string of the molecule is CCCCCCCCCCCN(CCCCCCCCCCC)CCCCCCCCCCC. The standard InChI is InChI=1S/C33H69N/c1-4-7-10-13-16-19-22-25-28-31-34(32-29-26-23-20-17-14-11-8-5-2)33-30-27-24-21-18-15-12-9-6-3/h4-33H2,1-3H3. The Bertz CT molecular complexity index is 287. The predicted octanol–water partition coefficient (Wildman–Crippen LogP) is 11.9. The number of hydrogen-bond donors (Lipinski definition) is 0. The first-order valence-corrected chi connectivity index (χ1v) is 16.6. The Labute approximate surface area is 218 Å². The van der Waals surface area contributed by atoms with Crippen LogP contribution in [0.4, 0.5) is 0 Å². The highest BCUT2D eigenvalue weighted by Gasteiger charge is 2.05. The number of hydrogen-bond acceptors (Lipinski definition) is 1. The molecule has 1 heteroatoms. The minimum Gasteiger partial charge on any atom is -0.303 e. The van der Waals surface area contributed by atoms with Gasteiger partial charge < -0.3 is 4.90 Å². The molecule has 0 aromatic carbocycles. The van der Waals surface area contributed by atoms with E-state index in [1.807, 2.05) is 0 Å². The fourth-order valence-corrected chi connectivity index (χ4v) is 5.27. The first-order valence-electron chi connectivity index (χ1n) is 16.6. The number of nitrogens with zero attached hydrogens (tertiary/aromatic N) is 1. The molecule has 0 aromatic heterocycles. The molecule has 0 aliphatic rings. The second kappa shape index (κ2) is 31.0. The minimum absolute atomic E-state index is 1.36. The molecule has 34 heavy (non-hydrogen) atoms. The highest BCUT2D eigenvalue weighted by molar-refractivity contribution is 4.61. The van der Waals surface area contributed by atoms with E-state index in [0.29, 0.717) is 0 Å². The lowest BCUT2D eigenvalue weighted by molar-refractivity contribution is 0.254. The Kier molecular flexibility index (Phi) is 31.0. The summed E-state index contributed by atoms with van der Waals surface area (Å²) < 4.78 is 0. The molecule has 0 aliphatic carbocycles. The van der Waals surface area contributed by atoms with Crippen molar-refractivity contribution in [1.29, 1.82) is 0 Å². The van der Waals surface area contributed by atoms with E-state index in [9.17, 15) is 0 Å². The summed E-state index contributed by atoms with van der Waals surface area (Å²) in [6.07, 6.45) is 39.1. The molecule has 1 nitrogen and oxygen atoms in total. The summed E-state index contributed by atoms with van der Waals surface area (Å²) in [4.78, 5) is 2.84. The Balaban J connectivity index is 3.85. The highest BCUT2D eigenvalue weighted by atomic mass is 15.1. The number of rotatable bonds is 30.